The number of fused-ring (bicyclic) bond motifs is 1. The Morgan fingerprint density at radius 1 is 1.16 bits per heavy atom. The maximum atomic E-state index is 12.9. The first kappa shape index (κ1) is 16.1. The minimum Gasteiger partial charge on any atom is -0.440 e. The second-order valence-electron chi connectivity index (χ2n) is 7.01. The summed E-state index contributed by atoms with van der Waals surface area (Å²) in [5.41, 5.74) is 1.65. The number of benzene rings is 1. The Balaban J connectivity index is 1.50. The lowest BCUT2D eigenvalue weighted by molar-refractivity contribution is -0.143. The number of piperidine rings is 1. The molecule has 6 heteroatoms. The molecule has 3 heterocycles. The molecule has 0 spiro atoms. The normalized spacial score (nSPS) is 24.0. The number of hydrogen-bond donors (Lipinski definition) is 0. The Bertz CT molecular complexity index is 767. The van der Waals surface area contributed by atoms with Crippen LogP contribution in [0.4, 0.5) is 0 Å². The highest BCUT2D eigenvalue weighted by molar-refractivity contribution is 5.87. The highest BCUT2D eigenvalue weighted by Crippen LogP contribution is 2.30. The third-order valence-corrected chi connectivity index (χ3v) is 5.34. The summed E-state index contributed by atoms with van der Waals surface area (Å²) in [5, 5.41) is 0. The van der Waals surface area contributed by atoms with Gasteiger partial charge in [0.15, 0.2) is 11.5 Å². The van der Waals surface area contributed by atoms with E-state index < -0.39 is 0 Å². The Morgan fingerprint density at radius 2 is 1.96 bits per heavy atom. The molecular formula is C19H23N3O3. The molecule has 25 heavy (non-hydrogen) atoms. The van der Waals surface area contributed by atoms with Gasteiger partial charge in [-0.05, 0) is 37.8 Å². The van der Waals surface area contributed by atoms with Crippen LogP contribution >= 0.6 is 0 Å². The Morgan fingerprint density at radius 3 is 2.76 bits per heavy atom. The number of rotatable bonds is 2. The molecule has 0 bridgehead atoms. The van der Waals surface area contributed by atoms with Crippen LogP contribution in [0, 0.1) is 0 Å². The van der Waals surface area contributed by atoms with Crippen LogP contribution in [0.3, 0.4) is 0 Å². The van der Waals surface area contributed by atoms with Crippen molar-refractivity contribution in [1.82, 2.24) is 14.8 Å². The number of carbonyl (C=O) groups excluding carboxylic acids is 2. The summed E-state index contributed by atoms with van der Waals surface area (Å²) in [6, 6.07) is 7.45. The minimum atomic E-state index is -0.292. The van der Waals surface area contributed by atoms with Gasteiger partial charge in [-0.3, -0.25) is 9.59 Å². The van der Waals surface area contributed by atoms with Gasteiger partial charge in [0.2, 0.25) is 11.8 Å². The quantitative estimate of drug-likeness (QED) is 0.842. The van der Waals surface area contributed by atoms with E-state index in [0.29, 0.717) is 19.0 Å². The van der Waals surface area contributed by atoms with E-state index in [2.05, 4.69) is 4.98 Å². The zero-order valence-electron chi connectivity index (χ0n) is 14.5. The van der Waals surface area contributed by atoms with Gasteiger partial charge in [-0.25, -0.2) is 4.98 Å². The second kappa shape index (κ2) is 6.50. The molecule has 2 fully saturated rings. The molecule has 1 aromatic heterocycles. The van der Waals surface area contributed by atoms with Crippen LogP contribution in [0.25, 0.3) is 11.1 Å². The lowest BCUT2D eigenvalue weighted by Gasteiger charge is -2.35. The Labute approximate surface area is 146 Å². The van der Waals surface area contributed by atoms with Crippen molar-refractivity contribution >= 4 is 22.9 Å². The van der Waals surface area contributed by atoms with Crippen LogP contribution in [0.15, 0.2) is 28.7 Å². The molecule has 4 rings (SSSR count). The molecule has 0 radical (unpaired) electrons. The lowest BCUT2D eigenvalue weighted by atomic mass is 9.97. The van der Waals surface area contributed by atoms with E-state index in [4.69, 9.17) is 4.42 Å². The van der Waals surface area contributed by atoms with Crippen molar-refractivity contribution < 1.29 is 14.0 Å². The smallest absolute Gasteiger partial charge is 0.245 e. The third-order valence-electron chi connectivity index (χ3n) is 5.34. The molecule has 0 aliphatic carbocycles. The maximum Gasteiger partial charge on any atom is 0.245 e. The van der Waals surface area contributed by atoms with E-state index in [1.54, 1.807) is 11.8 Å². The topological polar surface area (TPSA) is 66.7 Å². The highest BCUT2D eigenvalue weighted by atomic mass is 16.3. The van der Waals surface area contributed by atoms with Crippen LogP contribution in [0.2, 0.25) is 0 Å². The average molecular weight is 341 g/mol. The highest BCUT2D eigenvalue weighted by Gasteiger charge is 2.37. The molecule has 0 saturated carbocycles. The third kappa shape index (κ3) is 3.01. The van der Waals surface area contributed by atoms with Gasteiger partial charge in [0.05, 0.1) is 5.92 Å². The van der Waals surface area contributed by atoms with Gasteiger partial charge in [-0.2, -0.15) is 0 Å². The number of oxazole rings is 1. The van der Waals surface area contributed by atoms with Crippen molar-refractivity contribution in [3.05, 3.63) is 30.2 Å². The van der Waals surface area contributed by atoms with E-state index in [1.165, 1.54) is 0 Å². The van der Waals surface area contributed by atoms with Gasteiger partial charge >= 0.3 is 0 Å². The summed E-state index contributed by atoms with van der Waals surface area (Å²) >= 11 is 0. The van der Waals surface area contributed by atoms with E-state index >= 15 is 0 Å². The van der Waals surface area contributed by atoms with Gasteiger partial charge in [0.1, 0.15) is 11.6 Å². The molecule has 2 atom stereocenters. The summed E-state index contributed by atoms with van der Waals surface area (Å²) in [7, 11) is 0. The first-order valence-corrected chi connectivity index (χ1v) is 9.05. The average Bonchev–Trinajstić information content (AvgIpc) is 3.28. The van der Waals surface area contributed by atoms with Crippen molar-refractivity contribution in [3.63, 3.8) is 0 Å². The summed E-state index contributed by atoms with van der Waals surface area (Å²) in [5.74, 6) is 0.905. The first-order valence-electron chi connectivity index (χ1n) is 9.05. The van der Waals surface area contributed by atoms with E-state index in [9.17, 15) is 9.59 Å². The lowest BCUT2D eigenvalue weighted by Crippen LogP contribution is -2.49. The molecule has 2 amide bonds. The zero-order chi connectivity index (χ0) is 17.4. The molecule has 0 N–H and O–H groups in total. The fraction of sp³-hybridized carbons (Fsp3) is 0.526. The molecule has 132 valence electrons. The molecule has 6 nitrogen and oxygen atoms in total. The SMILES string of the molecule is CC(=O)N1CCC[C@@H]1C(=O)N1CCC[C@@H](c2nc3ccccc3o2)C1. The second-order valence-corrected chi connectivity index (χ2v) is 7.01. The number of carbonyl (C=O) groups is 2. The van der Waals surface area contributed by atoms with E-state index in [-0.39, 0.29) is 23.8 Å². The van der Waals surface area contributed by atoms with Crippen molar-refractivity contribution in [3.8, 4) is 0 Å². The van der Waals surface area contributed by atoms with E-state index in [0.717, 1.165) is 43.3 Å². The number of hydrogen-bond acceptors (Lipinski definition) is 4. The maximum absolute atomic E-state index is 12.9. The van der Waals surface area contributed by atoms with Crippen molar-refractivity contribution in [2.75, 3.05) is 19.6 Å². The van der Waals surface area contributed by atoms with E-state index in [1.807, 2.05) is 29.2 Å². The predicted octanol–water partition coefficient (Wildman–Crippen LogP) is 2.54. The molecule has 2 aromatic rings. The fourth-order valence-electron chi connectivity index (χ4n) is 4.05. The van der Waals surface area contributed by atoms with Crippen molar-refractivity contribution in [2.24, 2.45) is 0 Å². The van der Waals surface area contributed by atoms with Gasteiger partial charge in [0, 0.05) is 26.6 Å². The van der Waals surface area contributed by atoms with Crippen LogP contribution in [0.5, 0.6) is 0 Å². The molecular weight excluding hydrogens is 318 g/mol. The molecule has 1 aromatic carbocycles. The predicted molar refractivity (Wildman–Crippen MR) is 93.0 cm³/mol. The van der Waals surface area contributed by atoms with Crippen LogP contribution in [-0.2, 0) is 9.59 Å². The van der Waals surface area contributed by atoms with Gasteiger partial charge in [-0.15, -0.1) is 0 Å². The minimum absolute atomic E-state index is 0.0108. The Hall–Kier alpha value is -2.37. The number of amides is 2. The monoisotopic (exact) mass is 341 g/mol. The number of nitrogens with zero attached hydrogens (tertiary/aromatic N) is 3. The van der Waals surface area contributed by atoms with Gasteiger partial charge in [-0.1, -0.05) is 12.1 Å². The van der Waals surface area contributed by atoms with Gasteiger partial charge < -0.3 is 14.2 Å². The van der Waals surface area contributed by atoms with Crippen LogP contribution < -0.4 is 0 Å². The summed E-state index contributed by atoms with van der Waals surface area (Å²) < 4.78 is 5.91. The summed E-state index contributed by atoms with van der Waals surface area (Å²) in [6.45, 7) is 3.60. The molecule has 0 unspecified atom stereocenters. The summed E-state index contributed by atoms with van der Waals surface area (Å²) in [4.78, 5) is 32.9. The Kier molecular flexibility index (Phi) is 4.19. The largest absolute Gasteiger partial charge is 0.440 e. The zero-order valence-corrected chi connectivity index (χ0v) is 14.5. The van der Waals surface area contributed by atoms with Crippen molar-refractivity contribution in [2.45, 2.75) is 44.6 Å². The van der Waals surface area contributed by atoms with Crippen LogP contribution in [0.1, 0.15) is 44.4 Å². The van der Waals surface area contributed by atoms with Crippen LogP contribution in [-0.4, -0.2) is 52.3 Å². The van der Waals surface area contributed by atoms with Gasteiger partial charge in [0.25, 0.3) is 0 Å². The molecule has 2 aliphatic heterocycles. The number of aromatic nitrogens is 1. The first-order chi connectivity index (χ1) is 12.1. The number of likely N-dealkylation sites (tertiary alicyclic amines) is 2. The van der Waals surface area contributed by atoms with Crippen molar-refractivity contribution in [1.29, 1.82) is 0 Å². The fourth-order valence-corrected chi connectivity index (χ4v) is 4.05. The summed E-state index contributed by atoms with van der Waals surface area (Å²) in [6.07, 6.45) is 3.57. The molecule has 2 saturated heterocycles. The number of para-hydroxylation sites is 2. The molecule has 2 aliphatic rings. The standard InChI is InChI=1S/C19H23N3O3/c1-13(23)22-11-5-8-16(22)19(24)21-10-4-6-14(12-21)18-20-15-7-2-3-9-17(15)25-18/h2-3,7,9,14,16H,4-6,8,10-12H2,1H3/t14-,16-/m1/s1.